The molecule has 1 atom stereocenters. The molecule has 0 bridgehead atoms. The molecule has 3 rings (SSSR count). The molecule has 0 fully saturated rings. The predicted molar refractivity (Wildman–Crippen MR) is 73.1 cm³/mol. The number of benzene rings is 1. The van der Waals surface area contributed by atoms with E-state index in [1.807, 2.05) is 10.8 Å². The highest BCUT2D eigenvalue weighted by atomic mass is 32.2. The molecule has 2 heterocycles. The van der Waals surface area contributed by atoms with Gasteiger partial charge in [0.1, 0.15) is 4.90 Å². The van der Waals surface area contributed by atoms with Crippen molar-refractivity contribution in [1.29, 1.82) is 0 Å². The molecule has 1 aliphatic heterocycles. The highest BCUT2D eigenvalue weighted by Crippen LogP contribution is 2.32. The van der Waals surface area contributed by atoms with Crippen LogP contribution in [0.15, 0.2) is 35.4 Å². The van der Waals surface area contributed by atoms with Crippen molar-refractivity contribution in [3.63, 3.8) is 0 Å². The fourth-order valence-corrected chi connectivity index (χ4v) is 4.37. The number of halogens is 3. The summed E-state index contributed by atoms with van der Waals surface area (Å²) < 4.78 is 68.4. The van der Waals surface area contributed by atoms with Gasteiger partial charge in [0.25, 0.3) is 0 Å². The lowest BCUT2D eigenvalue weighted by atomic mass is 10.2. The van der Waals surface area contributed by atoms with E-state index >= 15 is 0 Å². The summed E-state index contributed by atoms with van der Waals surface area (Å²) >= 11 is 0. The summed E-state index contributed by atoms with van der Waals surface area (Å²) in [5, 5.41) is 0. The van der Waals surface area contributed by atoms with Crippen molar-refractivity contribution in [1.82, 2.24) is 8.87 Å². The average Bonchev–Trinajstić information content (AvgIpc) is 2.94. The second-order valence-corrected chi connectivity index (χ2v) is 6.95. The predicted octanol–water partition coefficient (Wildman–Crippen LogP) is 2.67. The Morgan fingerprint density at radius 1 is 1.09 bits per heavy atom. The van der Waals surface area contributed by atoms with Crippen LogP contribution < -0.4 is 0 Å². The molecule has 0 radical (unpaired) electrons. The molecule has 0 spiro atoms. The van der Waals surface area contributed by atoms with Crippen molar-refractivity contribution in [2.24, 2.45) is 0 Å². The molecule has 4 nitrogen and oxygen atoms in total. The van der Waals surface area contributed by atoms with Gasteiger partial charge in [-0.05, 0) is 31.2 Å². The van der Waals surface area contributed by atoms with Gasteiger partial charge in [-0.15, -0.1) is 0 Å². The minimum Gasteiger partial charge on any atom is -0.349 e. The monoisotopic (exact) mass is 330 g/mol. The van der Waals surface area contributed by atoms with Crippen LogP contribution in [-0.2, 0) is 16.6 Å². The fraction of sp³-hybridized carbons (Fsp3) is 0.286. The lowest BCUT2D eigenvalue weighted by Gasteiger charge is -2.33. The van der Waals surface area contributed by atoms with E-state index in [1.54, 1.807) is 19.1 Å². The van der Waals surface area contributed by atoms with Gasteiger partial charge in [0, 0.05) is 25.0 Å². The minimum absolute atomic E-state index is 0.129. The Hall–Kier alpha value is -1.80. The van der Waals surface area contributed by atoms with Gasteiger partial charge in [0.15, 0.2) is 17.5 Å². The van der Waals surface area contributed by atoms with Gasteiger partial charge in [0.2, 0.25) is 10.0 Å². The van der Waals surface area contributed by atoms with E-state index in [0.29, 0.717) is 12.6 Å². The van der Waals surface area contributed by atoms with Crippen LogP contribution in [0.4, 0.5) is 13.2 Å². The summed E-state index contributed by atoms with van der Waals surface area (Å²) in [4.78, 5) is -0.849. The molecule has 2 aromatic rings. The molecule has 0 aliphatic carbocycles. The lowest BCUT2D eigenvalue weighted by molar-refractivity contribution is 0.281. The van der Waals surface area contributed by atoms with Gasteiger partial charge < -0.3 is 4.57 Å². The Kier molecular flexibility index (Phi) is 3.53. The van der Waals surface area contributed by atoms with E-state index in [9.17, 15) is 21.6 Å². The standard InChI is InChI=1S/C14H13F3N2O2S/c1-9-11-3-2-6-18(11)7-8-19(9)22(20,21)12-5-4-10(15)13(16)14(12)17/h2-6,9H,7-8H2,1H3/t9-/m0/s1. The summed E-state index contributed by atoms with van der Waals surface area (Å²) in [6.45, 7) is 2.21. The first-order valence-electron chi connectivity index (χ1n) is 6.64. The molecular weight excluding hydrogens is 317 g/mol. The maximum atomic E-state index is 13.9. The van der Waals surface area contributed by atoms with Crippen molar-refractivity contribution in [2.45, 2.75) is 24.4 Å². The maximum absolute atomic E-state index is 13.9. The Morgan fingerprint density at radius 2 is 1.82 bits per heavy atom. The zero-order chi connectivity index (χ0) is 16.1. The highest BCUT2D eigenvalue weighted by Gasteiger charge is 2.36. The Balaban J connectivity index is 2.07. The number of fused-ring (bicyclic) bond motifs is 1. The Morgan fingerprint density at radius 3 is 2.55 bits per heavy atom. The van der Waals surface area contributed by atoms with Crippen molar-refractivity contribution in [2.75, 3.05) is 6.54 Å². The first kappa shape index (κ1) is 15.1. The number of hydrogen-bond donors (Lipinski definition) is 0. The summed E-state index contributed by atoms with van der Waals surface area (Å²) in [6.07, 6.45) is 1.83. The summed E-state index contributed by atoms with van der Waals surface area (Å²) in [6, 6.07) is 4.40. The third-order valence-corrected chi connectivity index (χ3v) is 5.86. The topological polar surface area (TPSA) is 42.3 Å². The van der Waals surface area contributed by atoms with Crippen LogP contribution in [0.2, 0.25) is 0 Å². The van der Waals surface area contributed by atoms with Crippen LogP contribution in [0.5, 0.6) is 0 Å². The summed E-state index contributed by atoms with van der Waals surface area (Å²) in [5.41, 5.74) is 0.762. The number of rotatable bonds is 2. The maximum Gasteiger partial charge on any atom is 0.246 e. The molecule has 1 aliphatic rings. The van der Waals surface area contributed by atoms with Crippen LogP contribution in [0, 0.1) is 17.5 Å². The van der Waals surface area contributed by atoms with E-state index < -0.39 is 38.4 Å². The van der Waals surface area contributed by atoms with Crippen LogP contribution in [0.1, 0.15) is 18.7 Å². The van der Waals surface area contributed by atoms with E-state index in [2.05, 4.69) is 0 Å². The molecule has 0 saturated carbocycles. The van der Waals surface area contributed by atoms with Crippen molar-refractivity contribution in [3.8, 4) is 0 Å². The van der Waals surface area contributed by atoms with Crippen molar-refractivity contribution < 1.29 is 21.6 Å². The van der Waals surface area contributed by atoms with Gasteiger partial charge in [-0.1, -0.05) is 0 Å². The normalized spacial score (nSPS) is 19.2. The first-order chi connectivity index (χ1) is 10.3. The number of sulfonamides is 1. The first-order valence-corrected chi connectivity index (χ1v) is 8.08. The lowest BCUT2D eigenvalue weighted by Crippen LogP contribution is -2.41. The molecule has 22 heavy (non-hydrogen) atoms. The van der Waals surface area contributed by atoms with Gasteiger partial charge in [-0.25, -0.2) is 21.6 Å². The molecule has 0 saturated heterocycles. The van der Waals surface area contributed by atoms with Crippen molar-refractivity contribution in [3.05, 3.63) is 53.6 Å². The van der Waals surface area contributed by atoms with E-state index in [0.717, 1.165) is 16.1 Å². The molecule has 0 amide bonds. The third-order valence-electron chi connectivity index (χ3n) is 3.87. The minimum atomic E-state index is -4.26. The van der Waals surface area contributed by atoms with Gasteiger partial charge in [-0.2, -0.15) is 4.31 Å². The second-order valence-electron chi connectivity index (χ2n) is 5.09. The molecule has 118 valence electrons. The summed E-state index contributed by atoms with van der Waals surface area (Å²) in [7, 11) is -4.26. The molecule has 1 aromatic carbocycles. The van der Waals surface area contributed by atoms with E-state index in [4.69, 9.17) is 0 Å². The van der Waals surface area contributed by atoms with Crippen LogP contribution in [0.3, 0.4) is 0 Å². The fourth-order valence-electron chi connectivity index (χ4n) is 2.72. The number of hydrogen-bond acceptors (Lipinski definition) is 2. The smallest absolute Gasteiger partial charge is 0.246 e. The van der Waals surface area contributed by atoms with Crippen LogP contribution >= 0.6 is 0 Å². The van der Waals surface area contributed by atoms with Crippen LogP contribution in [0.25, 0.3) is 0 Å². The quantitative estimate of drug-likeness (QED) is 0.795. The third kappa shape index (κ3) is 2.14. The molecule has 0 N–H and O–H groups in total. The molecule has 1 aromatic heterocycles. The zero-order valence-electron chi connectivity index (χ0n) is 11.6. The highest BCUT2D eigenvalue weighted by molar-refractivity contribution is 7.89. The molecule has 8 heteroatoms. The average molecular weight is 330 g/mol. The largest absolute Gasteiger partial charge is 0.349 e. The second kappa shape index (κ2) is 5.13. The van der Waals surface area contributed by atoms with Crippen LogP contribution in [-0.4, -0.2) is 23.8 Å². The SMILES string of the molecule is C[C@H]1c2cccn2CCN1S(=O)(=O)c1ccc(F)c(F)c1F. The van der Waals surface area contributed by atoms with E-state index in [1.165, 1.54) is 0 Å². The van der Waals surface area contributed by atoms with Gasteiger partial charge in [-0.3, -0.25) is 0 Å². The molecule has 0 unspecified atom stereocenters. The number of nitrogens with zero attached hydrogens (tertiary/aromatic N) is 2. The summed E-state index contributed by atoms with van der Waals surface area (Å²) in [5.74, 6) is -4.89. The van der Waals surface area contributed by atoms with Gasteiger partial charge in [0.05, 0.1) is 6.04 Å². The Labute approximate surface area is 125 Å². The van der Waals surface area contributed by atoms with Gasteiger partial charge >= 0.3 is 0 Å². The Bertz CT molecular complexity index is 833. The number of aromatic nitrogens is 1. The van der Waals surface area contributed by atoms with E-state index in [-0.39, 0.29) is 6.54 Å². The molecular formula is C14H13F3N2O2S. The zero-order valence-corrected chi connectivity index (χ0v) is 12.4. The van der Waals surface area contributed by atoms with Crippen molar-refractivity contribution >= 4 is 10.0 Å².